The second-order valence-electron chi connectivity index (χ2n) is 7.39. The first-order chi connectivity index (χ1) is 13.9. The molecule has 1 N–H and O–H groups in total. The molecular weight excluding hydrogens is 378 g/mol. The highest BCUT2D eigenvalue weighted by molar-refractivity contribution is 6.03. The van der Waals surface area contributed by atoms with Crippen molar-refractivity contribution in [1.29, 1.82) is 0 Å². The van der Waals surface area contributed by atoms with Crippen LogP contribution >= 0.6 is 0 Å². The van der Waals surface area contributed by atoms with E-state index in [1.165, 1.54) is 17.9 Å². The number of hydrogen-bond acceptors (Lipinski definition) is 7. The number of rotatable bonds is 4. The van der Waals surface area contributed by atoms with E-state index in [0.717, 1.165) is 0 Å². The van der Waals surface area contributed by atoms with Gasteiger partial charge in [0.1, 0.15) is 24.1 Å². The molecule has 2 aliphatic heterocycles. The predicted molar refractivity (Wildman–Crippen MR) is 103 cm³/mol. The minimum Gasteiger partial charge on any atom is -0.374 e. The maximum Gasteiger partial charge on any atom is 0.351 e. The molecule has 0 unspecified atom stereocenters. The number of benzene rings is 1. The number of nitrogens with one attached hydrogen (secondary N) is 1. The zero-order valence-electron chi connectivity index (χ0n) is 16.4. The number of amides is 1. The number of hydrogen-bond donors (Lipinski definition) is 1. The lowest BCUT2D eigenvalue weighted by Gasteiger charge is -2.37. The van der Waals surface area contributed by atoms with E-state index in [2.05, 4.69) is 10.3 Å². The van der Waals surface area contributed by atoms with Gasteiger partial charge in [-0.1, -0.05) is 18.2 Å². The summed E-state index contributed by atoms with van der Waals surface area (Å²) < 4.78 is 24.5. The molecule has 9 heteroatoms. The quantitative estimate of drug-likeness (QED) is 0.830. The minimum atomic E-state index is -0.751. The lowest BCUT2D eigenvalue weighted by molar-refractivity contribution is -0.193. The van der Waals surface area contributed by atoms with Gasteiger partial charge in [0, 0.05) is 18.9 Å². The van der Waals surface area contributed by atoms with E-state index in [4.69, 9.17) is 18.9 Å². The van der Waals surface area contributed by atoms with Gasteiger partial charge < -0.3 is 24.3 Å². The molecular formula is C20H23N3O6. The number of carbonyl (C=O) groups excluding carboxylic acids is 1. The number of fused-ring (bicyclic) bond motifs is 1. The van der Waals surface area contributed by atoms with E-state index in [9.17, 15) is 9.59 Å². The summed E-state index contributed by atoms with van der Waals surface area (Å²) in [5, 5.41) is 2.62. The third-order valence-electron chi connectivity index (χ3n) is 4.91. The Morgan fingerprint density at radius 1 is 1.24 bits per heavy atom. The van der Waals surface area contributed by atoms with Crippen LogP contribution < -0.4 is 11.0 Å². The molecule has 1 aromatic carbocycles. The van der Waals surface area contributed by atoms with Crippen molar-refractivity contribution in [3.63, 3.8) is 0 Å². The summed E-state index contributed by atoms with van der Waals surface area (Å²) in [5.41, 5.74) is -0.0971. The molecule has 2 aliphatic rings. The third-order valence-corrected chi connectivity index (χ3v) is 4.91. The Morgan fingerprint density at radius 2 is 2.00 bits per heavy atom. The zero-order valence-corrected chi connectivity index (χ0v) is 16.4. The second kappa shape index (κ2) is 7.68. The molecule has 2 aromatic rings. The summed E-state index contributed by atoms with van der Waals surface area (Å²) in [6.45, 7) is 3.91. The van der Waals surface area contributed by atoms with Crippen LogP contribution in [0.15, 0.2) is 47.4 Å². The van der Waals surface area contributed by atoms with Crippen molar-refractivity contribution in [2.45, 2.75) is 44.2 Å². The molecule has 0 spiro atoms. The van der Waals surface area contributed by atoms with E-state index in [1.807, 2.05) is 19.9 Å². The first-order valence-electron chi connectivity index (χ1n) is 9.33. The van der Waals surface area contributed by atoms with E-state index >= 15 is 0 Å². The Bertz CT molecular complexity index is 945. The van der Waals surface area contributed by atoms with E-state index in [-0.39, 0.29) is 30.5 Å². The fourth-order valence-corrected chi connectivity index (χ4v) is 3.66. The van der Waals surface area contributed by atoms with Crippen molar-refractivity contribution in [3.05, 3.63) is 58.6 Å². The second-order valence-corrected chi connectivity index (χ2v) is 7.39. The van der Waals surface area contributed by atoms with Crippen LogP contribution in [0, 0.1) is 0 Å². The molecule has 154 valence electrons. The maximum absolute atomic E-state index is 12.6. The molecule has 4 rings (SSSR count). The number of methoxy groups -OCH3 is 1. The summed E-state index contributed by atoms with van der Waals surface area (Å²) in [5.74, 6) is -0.941. The fraction of sp³-hybridized carbons (Fsp3) is 0.450. The summed E-state index contributed by atoms with van der Waals surface area (Å²) in [4.78, 5) is 28.9. The van der Waals surface area contributed by atoms with E-state index < -0.39 is 23.8 Å². The van der Waals surface area contributed by atoms with Gasteiger partial charge in [-0.25, -0.2) is 4.79 Å². The fourth-order valence-electron chi connectivity index (χ4n) is 3.66. The van der Waals surface area contributed by atoms with Crippen molar-refractivity contribution >= 4 is 11.7 Å². The molecule has 0 bridgehead atoms. The number of aromatic nitrogens is 2. The van der Waals surface area contributed by atoms with Crippen LogP contribution in [0.3, 0.4) is 0 Å². The monoisotopic (exact) mass is 401 g/mol. The van der Waals surface area contributed by atoms with Gasteiger partial charge in [0.25, 0.3) is 5.91 Å². The first kappa shape index (κ1) is 19.7. The average molecular weight is 401 g/mol. The highest BCUT2D eigenvalue weighted by atomic mass is 16.8. The van der Waals surface area contributed by atoms with Crippen molar-refractivity contribution in [2.75, 3.05) is 19.0 Å². The molecule has 29 heavy (non-hydrogen) atoms. The first-order valence-corrected chi connectivity index (χ1v) is 9.33. The Kier molecular flexibility index (Phi) is 5.22. The van der Waals surface area contributed by atoms with Crippen LogP contribution in [-0.4, -0.2) is 53.3 Å². The van der Waals surface area contributed by atoms with Crippen molar-refractivity contribution in [2.24, 2.45) is 0 Å². The molecule has 0 aliphatic carbocycles. The molecule has 1 aromatic heterocycles. The third kappa shape index (κ3) is 3.95. The molecule has 3 heterocycles. The van der Waals surface area contributed by atoms with Gasteiger partial charge in [-0.15, -0.1) is 0 Å². The molecule has 0 saturated carbocycles. The standard InChI is InChI=1S/C20H23N3O6/c1-20(2)28-13-11-27-18(16(26-3)15(13)29-20)23-10-9-14(22-19(23)25)21-17(24)12-7-5-4-6-8-12/h4-10,13,15-16,18H,11H2,1-3H3,(H,21,22,24,25)/t13-,15-,16+,18+/m0/s1. The van der Waals surface area contributed by atoms with Gasteiger partial charge in [-0.05, 0) is 32.0 Å². The van der Waals surface area contributed by atoms with Gasteiger partial charge in [0.05, 0.1) is 6.61 Å². The van der Waals surface area contributed by atoms with Gasteiger partial charge >= 0.3 is 5.69 Å². The predicted octanol–water partition coefficient (Wildman–Crippen LogP) is 1.56. The van der Waals surface area contributed by atoms with Gasteiger partial charge in [0.15, 0.2) is 12.0 Å². The lowest BCUT2D eigenvalue weighted by atomic mass is 10.0. The molecule has 0 radical (unpaired) electrons. The summed E-state index contributed by atoms with van der Waals surface area (Å²) in [6.07, 6.45) is -0.414. The number of nitrogens with zero attached hydrogens (tertiary/aromatic N) is 2. The van der Waals surface area contributed by atoms with Crippen LogP contribution in [0.25, 0.3) is 0 Å². The van der Waals surface area contributed by atoms with Crippen LogP contribution in [-0.2, 0) is 18.9 Å². The Hall–Kier alpha value is -2.59. The topological polar surface area (TPSA) is 101 Å². The van der Waals surface area contributed by atoms with Gasteiger partial charge in [-0.2, -0.15) is 4.98 Å². The summed E-state index contributed by atoms with van der Waals surface area (Å²) in [6, 6.07) is 10.2. The normalized spacial score (nSPS) is 28.0. The average Bonchev–Trinajstić information content (AvgIpc) is 3.02. The van der Waals surface area contributed by atoms with Gasteiger partial charge in [0.2, 0.25) is 0 Å². The number of ether oxygens (including phenoxy) is 4. The van der Waals surface area contributed by atoms with Gasteiger partial charge in [-0.3, -0.25) is 9.36 Å². The molecule has 2 saturated heterocycles. The summed E-state index contributed by atoms with van der Waals surface area (Å²) >= 11 is 0. The molecule has 1 amide bonds. The number of carbonyl (C=O) groups is 1. The summed E-state index contributed by atoms with van der Waals surface area (Å²) in [7, 11) is 1.53. The minimum absolute atomic E-state index is 0.157. The number of anilines is 1. The largest absolute Gasteiger partial charge is 0.374 e. The highest BCUT2D eigenvalue weighted by Gasteiger charge is 2.52. The molecule has 2 fully saturated rings. The van der Waals surface area contributed by atoms with Crippen molar-refractivity contribution < 1.29 is 23.7 Å². The Labute approximate surface area is 167 Å². The Morgan fingerprint density at radius 3 is 2.69 bits per heavy atom. The molecule has 4 atom stereocenters. The lowest BCUT2D eigenvalue weighted by Crippen LogP contribution is -2.52. The molecule has 9 nitrogen and oxygen atoms in total. The highest BCUT2D eigenvalue weighted by Crippen LogP contribution is 2.38. The maximum atomic E-state index is 12.6. The zero-order chi connectivity index (χ0) is 20.6. The van der Waals surface area contributed by atoms with Crippen molar-refractivity contribution in [1.82, 2.24) is 9.55 Å². The SMILES string of the molecule is CO[C@@H]1[C@H]2OC(C)(C)O[C@H]2CO[C@H]1n1ccc(NC(=O)c2ccccc2)nc1=O. The smallest absolute Gasteiger partial charge is 0.351 e. The van der Waals surface area contributed by atoms with Crippen LogP contribution in [0.1, 0.15) is 30.4 Å². The van der Waals surface area contributed by atoms with Crippen LogP contribution in [0.2, 0.25) is 0 Å². The van der Waals surface area contributed by atoms with E-state index in [0.29, 0.717) is 5.56 Å². The van der Waals surface area contributed by atoms with Crippen molar-refractivity contribution in [3.8, 4) is 0 Å². The van der Waals surface area contributed by atoms with Crippen LogP contribution in [0.4, 0.5) is 5.82 Å². The van der Waals surface area contributed by atoms with Crippen LogP contribution in [0.5, 0.6) is 0 Å². The Balaban J connectivity index is 1.53. The van der Waals surface area contributed by atoms with E-state index in [1.54, 1.807) is 30.3 Å².